The van der Waals surface area contributed by atoms with Crippen molar-refractivity contribution in [2.24, 2.45) is 0 Å². The van der Waals surface area contributed by atoms with Gasteiger partial charge in [0.25, 0.3) is 0 Å². The Balaban J connectivity index is 2.48. The van der Waals surface area contributed by atoms with Crippen molar-refractivity contribution in [1.29, 1.82) is 0 Å². The number of carbonyl (C=O) groups excluding carboxylic acids is 1. The maximum absolute atomic E-state index is 11.2. The van der Waals surface area contributed by atoms with Gasteiger partial charge in [-0.05, 0) is 37.1 Å². The molecule has 0 spiro atoms. The van der Waals surface area contributed by atoms with Gasteiger partial charge in [0.2, 0.25) is 0 Å². The summed E-state index contributed by atoms with van der Waals surface area (Å²) in [6.07, 6.45) is 0.307. The van der Waals surface area contributed by atoms with Gasteiger partial charge in [-0.25, -0.2) is 0 Å². The Labute approximate surface area is 100 Å². The molecule has 0 bridgehead atoms. The summed E-state index contributed by atoms with van der Waals surface area (Å²) in [7, 11) is 1.40. The Morgan fingerprint density at radius 1 is 1.29 bits per heavy atom. The number of fused-ring (bicyclic) bond motifs is 1. The minimum absolute atomic E-state index is 0.219. The lowest BCUT2D eigenvalue weighted by atomic mass is 10.0. The first-order chi connectivity index (χ1) is 8.10. The van der Waals surface area contributed by atoms with Gasteiger partial charge >= 0.3 is 5.97 Å². The molecule has 0 unspecified atom stereocenters. The molecule has 3 nitrogen and oxygen atoms in total. The summed E-state index contributed by atoms with van der Waals surface area (Å²) < 4.78 is 4.67. The Bertz CT molecular complexity index is 576. The first-order valence-corrected chi connectivity index (χ1v) is 5.54. The fraction of sp³-hybridized carbons (Fsp3) is 0.286. The number of aryl methyl sites for hydroxylation is 2. The highest BCUT2D eigenvalue weighted by Crippen LogP contribution is 2.19. The molecule has 2 rings (SSSR count). The van der Waals surface area contributed by atoms with Crippen LogP contribution >= 0.6 is 0 Å². The van der Waals surface area contributed by atoms with Crippen molar-refractivity contribution in [2.75, 3.05) is 7.11 Å². The third kappa shape index (κ3) is 2.44. The van der Waals surface area contributed by atoms with Crippen molar-refractivity contribution in [3.63, 3.8) is 0 Å². The maximum atomic E-state index is 11.2. The molecule has 2 aromatic rings. The van der Waals surface area contributed by atoms with E-state index < -0.39 is 0 Å². The van der Waals surface area contributed by atoms with Crippen molar-refractivity contribution < 1.29 is 9.53 Å². The second-order valence-electron chi connectivity index (χ2n) is 4.19. The molecule has 0 amide bonds. The van der Waals surface area contributed by atoms with Gasteiger partial charge in [-0.1, -0.05) is 12.1 Å². The van der Waals surface area contributed by atoms with Gasteiger partial charge in [0.15, 0.2) is 0 Å². The number of carbonyl (C=O) groups is 1. The zero-order valence-electron chi connectivity index (χ0n) is 10.3. The van der Waals surface area contributed by atoms with E-state index >= 15 is 0 Å². The van der Waals surface area contributed by atoms with E-state index in [-0.39, 0.29) is 5.97 Å². The van der Waals surface area contributed by atoms with Crippen LogP contribution in [0.25, 0.3) is 10.9 Å². The van der Waals surface area contributed by atoms with Gasteiger partial charge in [0.05, 0.1) is 19.0 Å². The van der Waals surface area contributed by atoms with Gasteiger partial charge < -0.3 is 4.74 Å². The third-order valence-electron chi connectivity index (χ3n) is 2.76. The number of ether oxygens (including phenoxy) is 1. The predicted octanol–water partition coefficient (Wildman–Crippen LogP) is 2.57. The molecule has 0 saturated carbocycles. The highest BCUT2D eigenvalue weighted by Gasteiger charge is 2.06. The molecule has 0 saturated heterocycles. The van der Waals surface area contributed by atoms with Crippen molar-refractivity contribution >= 4 is 16.9 Å². The summed E-state index contributed by atoms with van der Waals surface area (Å²) >= 11 is 0. The van der Waals surface area contributed by atoms with Crippen LogP contribution in [0.15, 0.2) is 24.3 Å². The number of aromatic nitrogens is 1. The van der Waals surface area contributed by atoms with E-state index in [2.05, 4.69) is 9.72 Å². The average Bonchev–Trinajstić information content (AvgIpc) is 2.30. The minimum atomic E-state index is -0.219. The zero-order valence-corrected chi connectivity index (χ0v) is 10.3. The average molecular weight is 229 g/mol. The molecule has 0 atom stereocenters. The summed E-state index contributed by atoms with van der Waals surface area (Å²) in [5.74, 6) is -0.219. The first-order valence-electron chi connectivity index (χ1n) is 5.54. The van der Waals surface area contributed by atoms with Crippen molar-refractivity contribution in [3.8, 4) is 0 Å². The van der Waals surface area contributed by atoms with E-state index in [1.54, 1.807) is 0 Å². The summed E-state index contributed by atoms with van der Waals surface area (Å²) in [6.45, 7) is 3.98. The third-order valence-corrected chi connectivity index (χ3v) is 2.76. The number of rotatable bonds is 2. The smallest absolute Gasteiger partial charge is 0.309 e. The Hall–Kier alpha value is -1.90. The van der Waals surface area contributed by atoms with Crippen molar-refractivity contribution in [2.45, 2.75) is 20.3 Å². The highest BCUT2D eigenvalue weighted by atomic mass is 16.5. The number of hydrogen-bond donors (Lipinski definition) is 0. The standard InChI is InChI=1S/C14H15NO2/c1-9-6-11(8-13(16)17-3)7-12-5-4-10(2)15-14(9)12/h4-7H,8H2,1-3H3. The molecule has 3 heteroatoms. The normalized spacial score (nSPS) is 10.5. The molecule has 1 aromatic heterocycles. The topological polar surface area (TPSA) is 39.2 Å². The van der Waals surface area contributed by atoms with E-state index in [0.29, 0.717) is 6.42 Å². The zero-order chi connectivity index (χ0) is 12.4. The molecular weight excluding hydrogens is 214 g/mol. The molecule has 1 aromatic carbocycles. The minimum Gasteiger partial charge on any atom is -0.469 e. The van der Waals surface area contributed by atoms with Crippen LogP contribution in [-0.4, -0.2) is 18.1 Å². The molecule has 88 valence electrons. The van der Waals surface area contributed by atoms with Crippen molar-refractivity contribution in [3.05, 3.63) is 41.1 Å². The molecule has 0 radical (unpaired) electrons. The molecule has 17 heavy (non-hydrogen) atoms. The fourth-order valence-corrected chi connectivity index (χ4v) is 1.93. The Kier molecular flexibility index (Phi) is 3.09. The van der Waals surface area contributed by atoms with Crippen LogP contribution in [0, 0.1) is 13.8 Å². The van der Waals surface area contributed by atoms with E-state index in [0.717, 1.165) is 27.7 Å². The first kappa shape index (κ1) is 11.6. The Morgan fingerprint density at radius 2 is 2.06 bits per heavy atom. The van der Waals surface area contributed by atoms with Gasteiger partial charge in [-0.15, -0.1) is 0 Å². The van der Waals surface area contributed by atoms with Crippen molar-refractivity contribution in [1.82, 2.24) is 4.98 Å². The second kappa shape index (κ2) is 4.53. The monoisotopic (exact) mass is 229 g/mol. The largest absolute Gasteiger partial charge is 0.469 e. The lowest BCUT2D eigenvalue weighted by Crippen LogP contribution is -2.04. The van der Waals surface area contributed by atoms with Gasteiger partial charge in [-0.2, -0.15) is 0 Å². The maximum Gasteiger partial charge on any atom is 0.309 e. The van der Waals surface area contributed by atoms with Crippen LogP contribution in [0.3, 0.4) is 0 Å². The van der Waals surface area contributed by atoms with Crippen LogP contribution in [0.2, 0.25) is 0 Å². The summed E-state index contributed by atoms with van der Waals surface area (Å²) in [6, 6.07) is 7.99. The van der Waals surface area contributed by atoms with Crippen LogP contribution < -0.4 is 0 Å². The fourth-order valence-electron chi connectivity index (χ4n) is 1.93. The highest BCUT2D eigenvalue weighted by molar-refractivity contribution is 5.84. The molecular formula is C14H15NO2. The summed E-state index contributed by atoms with van der Waals surface area (Å²) in [5.41, 5.74) is 4.05. The molecule has 1 heterocycles. The number of nitrogens with zero attached hydrogens (tertiary/aromatic N) is 1. The van der Waals surface area contributed by atoms with E-state index in [9.17, 15) is 4.79 Å². The van der Waals surface area contributed by atoms with Crippen LogP contribution in [0.1, 0.15) is 16.8 Å². The molecule has 0 aliphatic rings. The molecule has 0 fully saturated rings. The number of pyridine rings is 1. The van der Waals surface area contributed by atoms with E-state index in [1.807, 2.05) is 38.1 Å². The number of benzene rings is 1. The van der Waals surface area contributed by atoms with Crippen LogP contribution in [0.4, 0.5) is 0 Å². The number of esters is 1. The SMILES string of the molecule is COC(=O)Cc1cc(C)c2nc(C)ccc2c1. The van der Waals surface area contributed by atoms with Gasteiger partial charge in [-0.3, -0.25) is 9.78 Å². The van der Waals surface area contributed by atoms with Crippen LogP contribution in [-0.2, 0) is 16.0 Å². The summed E-state index contributed by atoms with van der Waals surface area (Å²) in [4.78, 5) is 15.7. The van der Waals surface area contributed by atoms with E-state index in [4.69, 9.17) is 0 Å². The molecule has 0 aliphatic heterocycles. The molecule has 0 N–H and O–H groups in total. The quantitative estimate of drug-likeness (QED) is 0.743. The predicted molar refractivity (Wildman–Crippen MR) is 66.9 cm³/mol. The second-order valence-corrected chi connectivity index (χ2v) is 4.19. The lowest BCUT2D eigenvalue weighted by molar-refractivity contribution is -0.139. The van der Waals surface area contributed by atoms with Gasteiger partial charge in [0, 0.05) is 11.1 Å². The number of hydrogen-bond acceptors (Lipinski definition) is 3. The van der Waals surface area contributed by atoms with Crippen LogP contribution in [0.5, 0.6) is 0 Å². The summed E-state index contributed by atoms with van der Waals surface area (Å²) in [5, 5.41) is 1.06. The lowest BCUT2D eigenvalue weighted by Gasteiger charge is -2.06. The Morgan fingerprint density at radius 3 is 2.76 bits per heavy atom. The molecule has 0 aliphatic carbocycles. The number of methoxy groups -OCH3 is 1. The van der Waals surface area contributed by atoms with Gasteiger partial charge in [0.1, 0.15) is 0 Å². The van der Waals surface area contributed by atoms with E-state index in [1.165, 1.54) is 7.11 Å².